The van der Waals surface area contributed by atoms with Crippen molar-refractivity contribution in [2.45, 2.75) is 19.3 Å². The van der Waals surface area contributed by atoms with Gasteiger partial charge in [0.1, 0.15) is 16.8 Å². The molecule has 0 amide bonds. The first-order valence-electron chi connectivity index (χ1n) is 7.41. The summed E-state index contributed by atoms with van der Waals surface area (Å²) in [5, 5.41) is 7.16. The lowest BCUT2D eigenvalue weighted by Gasteiger charge is -2.27. The van der Waals surface area contributed by atoms with Crippen molar-refractivity contribution >= 4 is 28.7 Å². The van der Waals surface area contributed by atoms with Crippen LogP contribution in [0.1, 0.15) is 25.1 Å². The lowest BCUT2D eigenvalue weighted by atomic mass is 10.1. The van der Waals surface area contributed by atoms with E-state index in [9.17, 15) is 0 Å². The highest BCUT2D eigenvalue weighted by atomic mass is 35.5. The van der Waals surface area contributed by atoms with E-state index in [2.05, 4.69) is 25.9 Å². The van der Waals surface area contributed by atoms with Crippen molar-refractivity contribution in [2.24, 2.45) is 0 Å². The highest BCUT2D eigenvalue weighted by molar-refractivity contribution is 6.67. The first-order valence-corrected chi connectivity index (χ1v) is 7.79. The molecule has 0 atom stereocenters. The molecular weight excluding hydrogens is 298 g/mol. The van der Waals surface area contributed by atoms with E-state index >= 15 is 0 Å². The summed E-state index contributed by atoms with van der Waals surface area (Å²) in [7, 11) is 0. The van der Waals surface area contributed by atoms with E-state index in [0.29, 0.717) is 5.82 Å². The molecule has 0 aliphatic carbocycles. The summed E-state index contributed by atoms with van der Waals surface area (Å²) in [6.45, 7) is 2.15. The monoisotopic (exact) mass is 315 g/mol. The third-order valence-electron chi connectivity index (χ3n) is 3.72. The van der Waals surface area contributed by atoms with Gasteiger partial charge in [-0.25, -0.2) is 9.97 Å². The Hall–Kier alpha value is -2.14. The third kappa shape index (κ3) is 3.54. The second-order valence-electron chi connectivity index (χ2n) is 5.31. The fourth-order valence-corrected chi connectivity index (χ4v) is 2.66. The van der Waals surface area contributed by atoms with Crippen LogP contribution in [0.25, 0.3) is 17.3 Å². The largest absolute Gasteiger partial charge is 0.357 e. The molecule has 0 bridgehead atoms. The molecule has 2 aromatic heterocycles. The predicted octanol–water partition coefficient (Wildman–Crippen LogP) is 3.69. The molecule has 5 nitrogen and oxygen atoms in total. The van der Waals surface area contributed by atoms with E-state index in [1.807, 2.05) is 12.3 Å². The maximum absolute atomic E-state index is 7.18. The molecule has 0 spiro atoms. The Morgan fingerprint density at radius 2 is 2.09 bits per heavy atom. The molecule has 3 rings (SSSR count). The summed E-state index contributed by atoms with van der Waals surface area (Å²) < 4.78 is 0. The number of aromatic amines is 1. The second kappa shape index (κ2) is 6.75. The van der Waals surface area contributed by atoms with Gasteiger partial charge in [-0.1, -0.05) is 11.6 Å². The number of rotatable bonds is 4. The Balaban J connectivity index is 1.81. The summed E-state index contributed by atoms with van der Waals surface area (Å²) in [4.78, 5) is 14.3. The summed E-state index contributed by atoms with van der Waals surface area (Å²) >= 11 is 5.50. The summed E-state index contributed by atoms with van der Waals surface area (Å²) in [5.74, 6) is 1.70. The van der Waals surface area contributed by atoms with Crippen LogP contribution in [-0.4, -0.2) is 33.2 Å². The van der Waals surface area contributed by atoms with Gasteiger partial charge < -0.3 is 9.88 Å². The number of H-pyrrole nitrogens is 1. The minimum Gasteiger partial charge on any atom is -0.357 e. The fraction of sp³-hybridized carbons (Fsp3) is 0.312. The van der Waals surface area contributed by atoms with Crippen molar-refractivity contribution < 1.29 is 0 Å². The van der Waals surface area contributed by atoms with Crippen LogP contribution in [0.5, 0.6) is 0 Å². The zero-order valence-electron chi connectivity index (χ0n) is 12.2. The highest BCUT2D eigenvalue weighted by Crippen LogP contribution is 2.23. The molecule has 1 saturated heterocycles. The quantitative estimate of drug-likeness (QED) is 0.845. The molecule has 3 heterocycles. The van der Waals surface area contributed by atoms with Crippen molar-refractivity contribution in [3.63, 3.8) is 0 Å². The van der Waals surface area contributed by atoms with E-state index in [-0.39, 0.29) is 5.17 Å². The topological polar surface area (TPSA) is 68.7 Å². The zero-order valence-corrected chi connectivity index (χ0v) is 13.0. The van der Waals surface area contributed by atoms with Gasteiger partial charge in [-0.05, 0) is 43.5 Å². The van der Waals surface area contributed by atoms with Crippen molar-refractivity contribution in [2.75, 3.05) is 18.0 Å². The van der Waals surface area contributed by atoms with Crippen LogP contribution in [0.3, 0.4) is 0 Å². The van der Waals surface area contributed by atoms with Crippen molar-refractivity contribution in [1.82, 2.24) is 15.0 Å². The van der Waals surface area contributed by atoms with Crippen LogP contribution >= 0.6 is 11.6 Å². The van der Waals surface area contributed by atoms with Gasteiger partial charge in [0, 0.05) is 24.8 Å². The molecule has 0 saturated carbocycles. The number of imidazole rings is 1. The minimum atomic E-state index is -0.0192. The number of piperidine rings is 1. The highest BCUT2D eigenvalue weighted by Gasteiger charge is 2.13. The number of aromatic nitrogens is 3. The molecule has 2 aromatic rings. The Bertz CT molecular complexity index is 685. The van der Waals surface area contributed by atoms with Crippen LogP contribution in [0.2, 0.25) is 0 Å². The molecule has 0 unspecified atom stereocenters. The van der Waals surface area contributed by atoms with Gasteiger partial charge in [0.25, 0.3) is 0 Å². The summed E-state index contributed by atoms with van der Waals surface area (Å²) in [6.07, 6.45) is 10.6. The minimum absolute atomic E-state index is 0.0192. The van der Waals surface area contributed by atoms with Crippen molar-refractivity contribution in [1.29, 1.82) is 5.41 Å². The average molecular weight is 316 g/mol. The van der Waals surface area contributed by atoms with Crippen molar-refractivity contribution in [3.05, 3.63) is 36.4 Å². The smallest absolute Gasteiger partial charge is 0.130 e. The van der Waals surface area contributed by atoms with Crippen LogP contribution in [0, 0.1) is 5.41 Å². The van der Waals surface area contributed by atoms with Gasteiger partial charge in [0.05, 0.1) is 11.9 Å². The van der Waals surface area contributed by atoms with Crippen LogP contribution in [0.4, 0.5) is 5.82 Å². The maximum Gasteiger partial charge on any atom is 0.130 e. The van der Waals surface area contributed by atoms with Crippen molar-refractivity contribution in [3.8, 4) is 11.3 Å². The SMILES string of the molecule is N=C(Cl)/C=C\c1ncc(-c2ccnc(N3CCCCC3)c2)[nH]1. The Morgan fingerprint density at radius 3 is 2.86 bits per heavy atom. The van der Waals surface area contributed by atoms with Gasteiger partial charge in [-0.15, -0.1) is 0 Å². The first kappa shape index (κ1) is 14.8. The predicted molar refractivity (Wildman–Crippen MR) is 90.5 cm³/mol. The van der Waals surface area contributed by atoms with Crippen LogP contribution < -0.4 is 4.90 Å². The summed E-state index contributed by atoms with van der Waals surface area (Å²) in [5.41, 5.74) is 1.99. The molecule has 114 valence electrons. The zero-order chi connectivity index (χ0) is 15.4. The number of allylic oxidation sites excluding steroid dienone is 1. The molecule has 1 aliphatic rings. The number of anilines is 1. The Kier molecular flexibility index (Phi) is 4.53. The van der Waals surface area contributed by atoms with E-state index in [1.165, 1.54) is 25.3 Å². The molecule has 0 aromatic carbocycles. The molecule has 2 N–H and O–H groups in total. The molecule has 1 fully saturated rings. The van der Waals surface area contributed by atoms with Crippen LogP contribution in [0.15, 0.2) is 30.6 Å². The number of pyridine rings is 1. The maximum atomic E-state index is 7.18. The number of halogens is 1. The van der Waals surface area contributed by atoms with E-state index < -0.39 is 0 Å². The number of hydrogen-bond acceptors (Lipinski definition) is 4. The van der Waals surface area contributed by atoms with E-state index in [0.717, 1.165) is 30.2 Å². The molecular formula is C16H18ClN5. The van der Waals surface area contributed by atoms with E-state index in [1.54, 1.807) is 12.3 Å². The van der Waals surface area contributed by atoms with Gasteiger partial charge in [0.15, 0.2) is 0 Å². The molecule has 0 radical (unpaired) electrons. The average Bonchev–Trinajstić information content (AvgIpc) is 3.03. The van der Waals surface area contributed by atoms with Gasteiger partial charge in [0.2, 0.25) is 0 Å². The van der Waals surface area contributed by atoms with Gasteiger partial charge in [-0.2, -0.15) is 0 Å². The number of nitrogens with one attached hydrogen (secondary N) is 2. The normalized spacial score (nSPS) is 15.4. The summed E-state index contributed by atoms with van der Waals surface area (Å²) in [6, 6.07) is 4.06. The number of hydrogen-bond donors (Lipinski definition) is 2. The molecule has 6 heteroatoms. The fourth-order valence-electron chi connectivity index (χ4n) is 2.60. The number of nitrogens with zero attached hydrogens (tertiary/aromatic N) is 3. The van der Waals surface area contributed by atoms with E-state index in [4.69, 9.17) is 17.0 Å². The van der Waals surface area contributed by atoms with Gasteiger partial charge >= 0.3 is 0 Å². The Labute approximate surface area is 134 Å². The van der Waals surface area contributed by atoms with Gasteiger partial charge in [-0.3, -0.25) is 5.41 Å². The Morgan fingerprint density at radius 1 is 1.27 bits per heavy atom. The lowest BCUT2D eigenvalue weighted by Crippen LogP contribution is -2.30. The third-order valence-corrected chi connectivity index (χ3v) is 3.85. The second-order valence-corrected chi connectivity index (χ2v) is 5.72. The molecule has 1 aliphatic heterocycles. The first-order chi connectivity index (χ1) is 10.7. The standard InChI is InChI=1S/C16H18ClN5/c17-14(18)4-5-15-20-11-13(21-15)12-6-7-19-16(10-12)22-8-2-1-3-9-22/h4-7,10-11,18H,1-3,8-9H2,(H,20,21)/b5-4-,18-14?. The van der Waals surface area contributed by atoms with Crippen LogP contribution in [-0.2, 0) is 0 Å². The molecule has 22 heavy (non-hydrogen) atoms. The lowest BCUT2D eigenvalue weighted by molar-refractivity contribution is 0.573.